The Kier molecular flexibility index (Phi) is 8.15. The highest BCUT2D eigenvalue weighted by atomic mass is 16.5. The maximum atomic E-state index is 6.10. The van der Waals surface area contributed by atoms with Crippen LogP contribution in [0.15, 0.2) is 42.5 Å². The number of fused-ring (bicyclic) bond motifs is 1. The lowest BCUT2D eigenvalue weighted by atomic mass is 10.1. The van der Waals surface area contributed by atoms with Crippen molar-refractivity contribution in [1.29, 1.82) is 0 Å². The molecule has 1 aromatic heterocycles. The highest BCUT2D eigenvalue weighted by Crippen LogP contribution is 2.30. The summed E-state index contributed by atoms with van der Waals surface area (Å²) in [5.41, 5.74) is 1.80. The molecular weight excluding hydrogens is 456 g/mol. The number of nitrogens with zero attached hydrogens (tertiary/aromatic N) is 3. The number of benzene rings is 2. The number of nitrogens with one attached hydrogen (secondary N) is 1. The Bertz CT molecular complexity index is 1150. The van der Waals surface area contributed by atoms with Gasteiger partial charge in [-0.05, 0) is 57.0 Å². The molecule has 36 heavy (non-hydrogen) atoms. The molecule has 0 spiro atoms. The van der Waals surface area contributed by atoms with Crippen molar-refractivity contribution >= 4 is 16.7 Å². The Morgan fingerprint density at radius 1 is 1.03 bits per heavy atom. The van der Waals surface area contributed by atoms with Gasteiger partial charge in [0.05, 0.1) is 44.6 Å². The molecule has 2 aliphatic rings. The fourth-order valence-corrected chi connectivity index (χ4v) is 4.72. The smallest absolute Gasteiger partial charge is 0.162 e. The number of hydrogen-bond donors (Lipinski definition) is 1. The number of rotatable bonds is 10. The minimum atomic E-state index is 0.232. The van der Waals surface area contributed by atoms with Gasteiger partial charge in [-0.15, -0.1) is 0 Å². The molecule has 2 aromatic carbocycles. The Balaban J connectivity index is 1.32. The van der Waals surface area contributed by atoms with Crippen LogP contribution in [0.2, 0.25) is 0 Å². The predicted octanol–water partition coefficient (Wildman–Crippen LogP) is 4.39. The van der Waals surface area contributed by atoms with Crippen molar-refractivity contribution in [2.24, 2.45) is 0 Å². The van der Waals surface area contributed by atoms with Gasteiger partial charge in [-0.2, -0.15) is 0 Å². The maximum Gasteiger partial charge on any atom is 0.162 e. The van der Waals surface area contributed by atoms with E-state index in [2.05, 4.69) is 17.1 Å². The van der Waals surface area contributed by atoms with Crippen LogP contribution >= 0.6 is 0 Å². The fraction of sp³-hybridized carbons (Fsp3) is 0.500. The molecule has 0 amide bonds. The van der Waals surface area contributed by atoms with Crippen LogP contribution in [0, 0.1) is 0 Å². The monoisotopic (exact) mass is 492 g/mol. The van der Waals surface area contributed by atoms with Crippen LogP contribution in [0.3, 0.4) is 0 Å². The molecule has 3 aromatic rings. The van der Waals surface area contributed by atoms with Crippen LogP contribution in [0.25, 0.3) is 22.3 Å². The third-order valence-electron chi connectivity index (χ3n) is 6.70. The molecule has 2 fully saturated rings. The van der Waals surface area contributed by atoms with E-state index in [1.807, 2.05) is 49.4 Å². The highest BCUT2D eigenvalue weighted by molar-refractivity contribution is 5.92. The van der Waals surface area contributed by atoms with Gasteiger partial charge in [0.2, 0.25) is 0 Å². The molecule has 8 heteroatoms. The van der Waals surface area contributed by atoms with Crippen molar-refractivity contribution in [3.63, 3.8) is 0 Å². The first-order valence-electron chi connectivity index (χ1n) is 13.0. The van der Waals surface area contributed by atoms with E-state index >= 15 is 0 Å². The summed E-state index contributed by atoms with van der Waals surface area (Å²) in [5.74, 6) is 3.12. The van der Waals surface area contributed by atoms with Crippen molar-refractivity contribution < 1.29 is 18.9 Å². The first-order valence-corrected chi connectivity index (χ1v) is 13.0. The molecule has 2 aliphatic heterocycles. The molecular formula is C28H36N4O4. The van der Waals surface area contributed by atoms with Gasteiger partial charge in [0.25, 0.3) is 0 Å². The number of morpholine rings is 1. The van der Waals surface area contributed by atoms with Gasteiger partial charge in [-0.1, -0.05) is 12.1 Å². The summed E-state index contributed by atoms with van der Waals surface area (Å²) in [7, 11) is 0. The van der Waals surface area contributed by atoms with Crippen LogP contribution in [-0.4, -0.2) is 79.7 Å². The molecule has 8 nitrogen and oxygen atoms in total. The second-order valence-electron chi connectivity index (χ2n) is 9.40. The third-order valence-corrected chi connectivity index (χ3v) is 6.70. The van der Waals surface area contributed by atoms with E-state index in [1.54, 1.807) is 0 Å². The van der Waals surface area contributed by atoms with Crippen molar-refractivity contribution in [3.8, 4) is 22.9 Å². The average molecular weight is 493 g/mol. The molecule has 0 aliphatic carbocycles. The van der Waals surface area contributed by atoms with E-state index in [0.29, 0.717) is 31.7 Å². The molecule has 3 heterocycles. The van der Waals surface area contributed by atoms with Crippen molar-refractivity contribution in [1.82, 2.24) is 14.9 Å². The molecule has 2 saturated heterocycles. The summed E-state index contributed by atoms with van der Waals surface area (Å²) in [6, 6.07) is 14.7. The summed E-state index contributed by atoms with van der Waals surface area (Å²) < 4.78 is 22.9. The minimum absolute atomic E-state index is 0.232. The largest absolute Gasteiger partial charge is 0.494 e. The van der Waals surface area contributed by atoms with Crippen LogP contribution in [-0.2, 0) is 9.47 Å². The Morgan fingerprint density at radius 3 is 2.75 bits per heavy atom. The van der Waals surface area contributed by atoms with Gasteiger partial charge < -0.3 is 24.3 Å². The summed E-state index contributed by atoms with van der Waals surface area (Å²) in [5, 5.41) is 4.52. The second-order valence-corrected chi connectivity index (χ2v) is 9.40. The zero-order chi connectivity index (χ0) is 24.7. The average Bonchev–Trinajstić information content (AvgIpc) is 3.41. The molecule has 192 valence electrons. The van der Waals surface area contributed by atoms with Gasteiger partial charge in [0.1, 0.15) is 17.3 Å². The van der Waals surface area contributed by atoms with Gasteiger partial charge >= 0.3 is 0 Å². The van der Waals surface area contributed by atoms with Crippen molar-refractivity contribution in [2.45, 2.75) is 38.8 Å². The normalized spacial score (nSPS) is 20.5. The van der Waals surface area contributed by atoms with Gasteiger partial charge in [0.15, 0.2) is 5.82 Å². The summed E-state index contributed by atoms with van der Waals surface area (Å²) in [6.07, 6.45) is 1.93. The number of anilines is 1. The van der Waals surface area contributed by atoms with Crippen LogP contribution in [0.5, 0.6) is 11.5 Å². The number of aromatic nitrogens is 2. The molecule has 5 rings (SSSR count). The first kappa shape index (κ1) is 24.7. The maximum absolute atomic E-state index is 6.10. The fourth-order valence-electron chi connectivity index (χ4n) is 4.72. The van der Waals surface area contributed by atoms with Gasteiger partial charge in [0, 0.05) is 36.7 Å². The van der Waals surface area contributed by atoms with E-state index in [1.165, 1.54) is 0 Å². The lowest BCUT2D eigenvalue weighted by molar-refractivity contribution is -0.00200. The number of ether oxygens (including phenoxy) is 4. The van der Waals surface area contributed by atoms with Crippen molar-refractivity contribution in [2.75, 3.05) is 58.0 Å². The Morgan fingerprint density at radius 2 is 1.92 bits per heavy atom. The minimum Gasteiger partial charge on any atom is -0.494 e. The SMILES string of the molecule is CCOc1ccc2nc(-c3cccc(OCCCN4CCOCC4C)c3)nc(NC3CCOC3)c2c1. The van der Waals surface area contributed by atoms with Crippen LogP contribution < -0.4 is 14.8 Å². The second kappa shape index (κ2) is 11.9. The Hall–Kier alpha value is -2.94. The zero-order valence-electron chi connectivity index (χ0n) is 21.2. The quantitative estimate of drug-likeness (QED) is 0.418. The number of hydrogen-bond acceptors (Lipinski definition) is 8. The van der Waals surface area contributed by atoms with Gasteiger partial charge in [-0.3, -0.25) is 4.90 Å². The van der Waals surface area contributed by atoms with E-state index in [-0.39, 0.29) is 6.04 Å². The molecule has 2 atom stereocenters. The predicted molar refractivity (Wildman–Crippen MR) is 141 cm³/mol. The molecule has 0 saturated carbocycles. The first-order chi connectivity index (χ1) is 17.7. The topological polar surface area (TPSA) is 78.0 Å². The Labute approximate surface area is 212 Å². The highest BCUT2D eigenvalue weighted by Gasteiger charge is 2.20. The van der Waals surface area contributed by atoms with Crippen molar-refractivity contribution in [3.05, 3.63) is 42.5 Å². The third kappa shape index (κ3) is 6.06. The summed E-state index contributed by atoms with van der Waals surface area (Å²) in [6.45, 7) is 10.6. The van der Waals surface area contributed by atoms with Crippen LogP contribution in [0.1, 0.15) is 26.7 Å². The summed E-state index contributed by atoms with van der Waals surface area (Å²) in [4.78, 5) is 12.3. The van der Waals surface area contributed by atoms with Gasteiger partial charge in [-0.25, -0.2) is 9.97 Å². The lowest BCUT2D eigenvalue weighted by Gasteiger charge is -2.33. The molecule has 1 N–H and O–H groups in total. The van der Waals surface area contributed by atoms with E-state index < -0.39 is 0 Å². The zero-order valence-corrected chi connectivity index (χ0v) is 21.2. The molecule has 0 bridgehead atoms. The van der Waals surface area contributed by atoms with Crippen LogP contribution in [0.4, 0.5) is 5.82 Å². The summed E-state index contributed by atoms with van der Waals surface area (Å²) >= 11 is 0. The lowest BCUT2D eigenvalue weighted by Crippen LogP contribution is -2.44. The van der Waals surface area contributed by atoms with E-state index in [4.69, 9.17) is 28.9 Å². The molecule has 2 unspecified atom stereocenters. The standard InChI is InChI=1S/C28H36N4O4/c1-3-35-24-8-9-26-25(17-24)28(29-22-10-14-33-19-22)31-27(30-26)21-6-4-7-23(16-21)36-13-5-11-32-12-15-34-18-20(32)2/h4,6-9,16-17,20,22H,3,5,10-15,18-19H2,1-2H3,(H,29,30,31). The molecule has 0 radical (unpaired) electrons. The van der Waals surface area contributed by atoms with E-state index in [9.17, 15) is 0 Å². The van der Waals surface area contributed by atoms with E-state index in [0.717, 1.165) is 79.5 Å².